The number of nitrogens with zero attached hydrogens (tertiary/aromatic N) is 1. The molecule has 0 unspecified atom stereocenters. The summed E-state index contributed by atoms with van der Waals surface area (Å²) in [7, 11) is 0. The average molecular weight is 292 g/mol. The maximum atomic E-state index is 11.2. The molecule has 13 heavy (non-hydrogen) atoms. The first-order valence-electron chi connectivity index (χ1n) is 4.14. The topological polar surface area (TPSA) is 66.0 Å². The molecule has 0 radical (unpaired) electrons. The highest BCUT2D eigenvalue weighted by molar-refractivity contribution is 14.1. The fourth-order valence-corrected chi connectivity index (χ4v) is 1.44. The summed E-state index contributed by atoms with van der Waals surface area (Å²) < 4.78 is 0.261. The Morgan fingerprint density at radius 3 is 2.85 bits per heavy atom. The van der Waals surface area contributed by atoms with Gasteiger partial charge in [0.25, 0.3) is 5.56 Å². The second-order valence-electron chi connectivity index (χ2n) is 3.30. The summed E-state index contributed by atoms with van der Waals surface area (Å²) in [5, 5.41) is 9.28. The minimum atomic E-state index is -0.247. The van der Waals surface area contributed by atoms with Gasteiger partial charge in [-0.1, -0.05) is 0 Å². The predicted octanol–water partition coefficient (Wildman–Crippen LogP) is 1.03. The van der Waals surface area contributed by atoms with Gasteiger partial charge in [0.05, 0.1) is 0 Å². The summed E-state index contributed by atoms with van der Waals surface area (Å²) in [6, 6.07) is 0. The normalized spacial score (nSPS) is 16.1. The van der Waals surface area contributed by atoms with Gasteiger partial charge in [0, 0.05) is 6.42 Å². The van der Waals surface area contributed by atoms with Crippen LogP contribution in [0.15, 0.2) is 4.79 Å². The zero-order chi connectivity index (χ0) is 9.42. The molecule has 0 bridgehead atoms. The first-order chi connectivity index (χ1) is 6.16. The van der Waals surface area contributed by atoms with E-state index in [2.05, 4.69) is 9.97 Å². The highest BCUT2D eigenvalue weighted by Crippen LogP contribution is 2.31. The van der Waals surface area contributed by atoms with Gasteiger partial charge in [-0.15, -0.1) is 0 Å². The lowest BCUT2D eigenvalue weighted by atomic mass is 10.3. The Balaban J connectivity index is 2.31. The zero-order valence-electron chi connectivity index (χ0n) is 6.88. The molecule has 2 rings (SSSR count). The van der Waals surface area contributed by atoms with Crippen LogP contribution in [-0.4, -0.2) is 15.1 Å². The highest BCUT2D eigenvalue weighted by Gasteiger charge is 2.23. The number of aromatic nitrogens is 2. The van der Waals surface area contributed by atoms with Gasteiger partial charge >= 0.3 is 0 Å². The van der Waals surface area contributed by atoms with Crippen molar-refractivity contribution in [2.45, 2.75) is 19.3 Å². The van der Waals surface area contributed by atoms with E-state index in [1.54, 1.807) is 22.6 Å². The van der Waals surface area contributed by atoms with Crippen molar-refractivity contribution in [1.29, 1.82) is 0 Å². The zero-order valence-corrected chi connectivity index (χ0v) is 9.04. The van der Waals surface area contributed by atoms with Gasteiger partial charge in [0.1, 0.15) is 9.39 Å². The van der Waals surface area contributed by atoms with E-state index in [0.717, 1.165) is 6.42 Å². The number of aromatic hydroxyl groups is 1. The van der Waals surface area contributed by atoms with Crippen LogP contribution in [0.25, 0.3) is 0 Å². The summed E-state index contributed by atoms with van der Waals surface area (Å²) in [4.78, 5) is 17.8. The van der Waals surface area contributed by atoms with Gasteiger partial charge < -0.3 is 10.1 Å². The lowest BCUT2D eigenvalue weighted by Gasteiger charge is -2.00. The Bertz CT molecular complexity index is 384. The molecule has 70 valence electrons. The molecule has 0 saturated heterocycles. The van der Waals surface area contributed by atoms with Crippen LogP contribution in [0.4, 0.5) is 0 Å². The lowest BCUT2D eigenvalue weighted by Crippen LogP contribution is -2.14. The fraction of sp³-hybridized carbons (Fsp3) is 0.500. The number of aromatic amines is 1. The van der Waals surface area contributed by atoms with Crippen LogP contribution in [-0.2, 0) is 6.42 Å². The Labute approximate surface area is 88.5 Å². The lowest BCUT2D eigenvalue weighted by molar-refractivity contribution is 0.442. The molecular formula is C8H9IN2O2. The van der Waals surface area contributed by atoms with Crippen molar-refractivity contribution in [2.75, 3.05) is 0 Å². The molecule has 0 atom stereocenters. The van der Waals surface area contributed by atoms with E-state index < -0.39 is 0 Å². The number of H-pyrrole nitrogens is 1. The Kier molecular flexibility index (Phi) is 2.27. The number of rotatable bonds is 2. The van der Waals surface area contributed by atoms with Crippen molar-refractivity contribution in [2.24, 2.45) is 5.92 Å². The third-order valence-corrected chi connectivity index (χ3v) is 3.05. The molecule has 1 aromatic rings. The molecule has 2 N–H and O–H groups in total. The van der Waals surface area contributed by atoms with E-state index in [1.165, 1.54) is 12.8 Å². The number of halogens is 1. The first kappa shape index (κ1) is 8.98. The Morgan fingerprint density at radius 1 is 1.62 bits per heavy atom. The van der Waals surface area contributed by atoms with Gasteiger partial charge in [0.15, 0.2) is 0 Å². The van der Waals surface area contributed by atoms with Crippen LogP contribution in [0, 0.1) is 9.49 Å². The predicted molar refractivity (Wildman–Crippen MR) is 55.7 cm³/mol. The summed E-state index contributed by atoms with van der Waals surface area (Å²) in [6.07, 6.45) is 3.19. The summed E-state index contributed by atoms with van der Waals surface area (Å²) in [5.74, 6) is 1.10. The van der Waals surface area contributed by atoms with E-state index in [9.17, 15) is 9.90 Å². The van der Waals surface area contributed by atoms with Crippen molar-refractivity contribution in [3.63, 3.8) is 0 Å². The number of hydrogen-bond donors (Lipinski definition) is 2. The minimum Gasteiger partial charge on any atom is -0.492 e. The van der Waals surface area contributed by atoms with Crippen molar-refractivity contribution in [3.05, 3.63) is 19.7 Å². The van der Waals surface area contributed by atoms with Crippen LogP contribution < -0.4 is 5.56 Å². The van der Waals surface area contributed by atoms with E-state index in [1.807, 2.05) is 0 Å². The van der Waals surface area contributed by atoms with Crippen molar-refractivity contribution in [1.82, 2.24) is 9.97 Å². The average Bonchev–Trinajstić information content (AvgIpc) is 2.84. The molecule has 0 aromatic carbocycles. The van der Waals surface area contributed by atoms with Crippen LogP contribution in [0.2, 0.25) is 0 Å². The van der Waals surface area contributed by atoms with Gasteiger partial charge in [0.2, 0.25) is 5.88 Å². The molecular weight excluding hydrogens is 283 g/mol. The SMILES string of the molecule is O=c1[nH]c(CC2CC2)nc(O)c1I. The second kappa shape index (κ2) is 3.28. The summed E-state index contributed by atoms with van der Waals surface area (Å²) >= 11 is 1.78. The number of hydrogen-bond acceptors (Lipinski definition) is 3. The molecule has 1 heterocycles. The third kappa shape index (κ3) is 2.01. The molecule has 1 aromatic heterocycles. The Hall–Kier alpha value is -0.590. The van der Waals surface area contributed by atoms with E-state index in [-0.39, 0.29) is 15.0 Å². The van der Waals surface area contributed by atoms with Crippen molar-refractivity contribution >= 4 is 22.6 Å². The largest absolute Gasteiger partial charge is 0.492 e. The monoisotopic (exact) mass is 292 g/mol. The van der Waals surface area contributed by atoms with Crippen LogP contribution >= 0.6 is 22.6 Å². The smallest absolute Gasteiger partial charge is 0.268 e. The molecule has 4 nitrogen and oxygen atoms in total. The van der Waals surface area contributed by atoms with Gasteiger partial charge in [-0.25, -0.2) is 0 Å². The minimum absolute atomic E-state index is 0.153. The van der Waals surface area contributed by atoms with E-state index >= 15 is 0 Å². The molecule has 0 spiro atoms. The van der Waals surface area contributed by atoms with Crippen LogP contribution in [0.5, 0.6) is 5.88 Å². The quantitative estimate of drug-likeness (QED) is 0.800. The molecule has 0 amide bonds. The number of nitrogens with one attached hydrogen (secondary N) is 1. The summed E-state index contributed by atoms with van der Waals surface area (Å²) in [5.41, 5.74) is -0.247. The van der Waals surface area contributed by atoms with Gasteiger partial charge in [-0.05, 0) is 41.4 Å². The van der Waals surface area contributed by atoms with Crippen molar-refractivity contribution in [3.8, 4) is 5.88 Å². The van der Waals surface area contributed by atoms with E-state index in [4.69, 9.17) is 0 Å². The molecule has 1 aliphatic rings. The fourth-order valence-electron chi connectivity index (χ4n) is 1.18. The Morgan fingerprint density at radius 2 is 2.31 bits per heavy atom. The maximum absolute atomic E-state index is 11.2. The van der Waals surface area contributed by atoms with Crippen LogP contribution in [0.3, 0.4) is 0 Å². The molecule has 0 aliphatic heterocycles. The molecule has 1 fully saturated rings. The van der Waals surface area contributed by atoms with E-state index in [0.29, 0.717) is 11.7 Å². The highest BCUT2D eigenvalue weighted by atomic mass is 127. The molecule has 1 saturated carbocycles. The third-order valence-electron chi connectivity index (χ3n) is 2.07. The molecule has 5 heteroatoms. The van der Waals surface area contributed by atoms with Crippen molar-refractivity contribution < 1.29 is 5.11 Å². The molecule has 1 aliphatic carbocycles. The van der Waals surface area contributed by atoms with Gasteiger partial charge in [-0.3, -0.25) is 4.79 Å². The summed E-state index contributed by atoms with van der Waals surface area (Å²) in [6.45, 7) is 0. The second-order valence-corrected chi connectivity index (χ2v) is 4.38. The maximum Gasteiger partial charge on any atom is 0.268 e. The standard InChI is InChI=1S/C8H9IN2O2/c9-6-7(12)10-5(11-8(6)13)3-4-1-2-4/h4H,1-3H2,(H2,10,11,12,13). The van der Waals surface area contributed by atoms with Gasteiger partial charge in [-0.2, -0.15) is 4.98 Å². The van der Waals surface area contributed by atoms with Crippen LogP contribution in [0.1, 0.15) is 18.7 Å². The first-order valence-corrected chi connectivity index (χ1v) is 5.22.